The van der Waals surface area contributed by atoms with Crippen LogP contribution in [0.5, 0.6) is 0 Å². The van der Waals surface area contributed by atoms with Crippen molar-refractivity contribution in [3.8, 4) is 0 Å². The molecule has 0 aliphatic carbocycles. The molecule has 0 aromatic carbocycles. The van der Waals surface area contributed by atoms with Crippen molar-refractivity contribution >= 4 is 45.8 Å². The van der Waals surface area contributed by atoms with E-state index in [-0.39, 0.29) is 16.4 Å². The first kappa shape index (κ1) is 9.53. The lowest BCUT2D eigenvalue weighted by Gasteiger charge is -2.02. The van der Waals surface area contributed by atoms with Crippen LogP contribution in [0, 0.1) is 3.70 Å². The van der Waals surface area contributed by atoms with Crippen LogP contribution >= 0.6 is 34.2 Å². The van der Waals surface area contributed by atoms with Crippen molar-refractivity contribution in [1.29, 1.82) is 0 Å². The van der Waals surface area contributed by atoms with E-state index in [2.05, 4.69) is 4.98 Å². The van der Waals surface area contributed by atoms with E-state index in [4.69, 9.17) is 22.4 Å². The van der Waals surface area contributed by atoms with E-state index in [1.807, 2.05) is 22.6 Å². The molecule has 0 amide bonds. The van der Waals surface area contributed by atoms with Crippen molar-refractivity contribution < 1.29 is 9.90 Å². The average molecular weight is 298 g/mol. The number of hydrogen-bond donors (Lipinski definition) is 2. The highest BCUT2D eigenvalue weighted by molar-refractivity contribution is 14.1. The number of aromatic nitrogens is 1. The van der Waals surface area contributed by atoms with Gasteiger partial charge in [-0.25, -0.2) is 9.78 Å². The van der Waals surface area contributed by atoms with E-state index in [9.17, 15) is 4.79 Å². The van der Waals surface area contributed by atoms with E-state index in [0.29, 0.717) is 3.70 Å². The second-order valence-corrected chi connectivity index (χ2v) is 3.41. The fraction of sp³-hybridized carbons (Fsp3) is 0. The molecule has 0 fully saturated rings. The lowest BCUT2D eigenvalue weighted by atomic mass is 10.2. The zero-order valence-corrected chi connectivity index (χ0v) is 8.63. The molecule has 1 heterocycles. The van der Waals surface area contributed by atoms with E-state index in [0.717, 1.165) is 0 Å². The van der Waals surface area contributed by atoms with Gasteiger partial charge < -0.3 is 10.8 Å². The third-order valence-electron chi connectivity index (χ3n) is 1.21. The highest BCUT2D eigenvalue weighted by Crippen LogP contribution is 2.21. The predicted molar refractivity (Wildman–Crippen MR) is 53.3 cm³/mol. The summed E-state index contributed by atoms with van der Waals surface area (Å²) < 4.78 is 0.400. The van der Waals surface area contributed by atoms with Crippen molar-refractivity contribution in [3.05, 3.63) is 20.5 Å². The molecule has 3 N–H and O–H groups in total. The number of carbonyl (C=O) groups is 1. The lowest BCUT2D eigenvalue weighted by Crippen LogP contribution is -2.05. The Morgan fingerprint density at radius 2 is 2.33 bits per heavy atom. The van der Waals surface area contributed by atoms with Crippen molar-refractivity contribution in [3.63, 3.8) is 0 Å². The summed E-state index contributed by atoms with van der Waals surface area (Å²) in [6, 6.07) is 1.22. The van der Waals surface area contributed by atoms with Crippen LogP contribution in [0.25, 0.3) is 0 Å². The normalized spacial score (nSPS) is 9.83. The number of nitrogen functional groups attached to an aromatic ring is 1. The number of rotatable bonds is 1. The molecule has 1 aromatic rings. The van der Waals surface area contributed by atoms with E-state index < -0.39 is 5.97 Å². The number of carboxylic acid groups (broad SMARTS) is 1. The highest BCUT2D eigenvalue weighted by atomic mass is 127. The second-order valence-electron chi connectivity index (χ2n) is 2.00. The third kappa shape index (κ3) is 1.78. The predicted octanol–water partition coefficient (Wildman–Crippen LogP) is 1.62. The van der Waals surface area contributed by atoms with E-state index >= 15 is 0 Å². The molecule has 0 unspecified atom stereocenters. The number of pyridine rings is 1. The van der Waals surface area contributed by atoms with Gasteiger partial charge in [0.1, 0.15) is 8.85 Å². The summed E-state index contributed by atoms with van der Waals surface area (Å²) in [6.07, 6.45) is 0. The molecule has 1 rings (SSSR count). The Morgan fingerprint density at radius 3 is 2.83 bits per heavy atom. The van der Waals surface area contributed by atoms with Crippen LogP contribution in [0.1, 0.15) is 10.4 Å². The molecule has 0 saturated heterocycles. The number of nitrogens with two attached hydrogens (primary N) is 1. The summed E-state index contributed by atoms with van der Waals surface area (Å²) in [5.41, 5.74) is 5.57. The van der Waals surface area contributed by atoms with Crippen LogP contribution < -0.4 is 5.73 Å². The number of aromatic carboxylic acids is 1. The standard InChI is InChI=1S/C6H4ClIN2O2/c7-3-1-2(6(11)12)4(9)5(8)10-3/h1H,9H2,(H,11,12). The molecular formula is C6H4ClIN2O2. The Labute approximate surface area is 86.9 Å². The van der Waals surface area contributed by atoms with Gasteiger partial charge in [-0.3, -0.25) is 0 Å². The first-order valence-electron chi connectivity index (χ1n) is 2.87. The molecule has 0 aliphatic heterocycles. The fourth-order valence-electron chi connectivity index (χ4n) is 0.671. The van der Waals surface area contributed by atoms with Gasteiger partial charge in [-0.05, 0) is 28.7 Å². The van der Waals surface area contributed by atoms with Gasteiger partial charge >= 0.3 is 5.97 Å². The van der Waals surface area contributed by atoms with Crippen molar-refractivity contribution in [2.75, 3.05) is 5.73 Å². The number of anilines is 1. The zero-order chi connectivity index (χ0) is 9.30. The molecular weight excluding hydrogens is 294 g/mol. The molecule has 0 bridgehead atoms. The van der Waals surface area contributed by atoms with Crippen molar-refractivity contribution in [2.45, 2.75) is 0 Å². The summed E-state index contributed by atoms with van der Waals surface area (Å²) in [4.78, 5) is 14.3. The monoisotopic (exact) mass is 298 g/mol. The van der Waals surface area contributed by atoms with Gasteiger partial charge in [0.15, 0.2) is 0 Å². The lowest BCUT2D eigenvalue weighted by molar-refractivity contribution is 0.0698. The van der Waals surface area contributed by atoms with Crippen molar-refractivity contribution in [1.82, 2.24) is 4.98 Å². The Balaban J connectivity index is 3.37. The van der Waals surface area contributed by atoms with Gasteiger partial charge in [-0.15, -0.1) is 0 Å². The topological polar surface area (TPSA) is 76.2 Å². The summed E-state index contributed by atoms with van der Waals surface area (Å²) in [6.45, 7) is 0. The molecule has 0 saturated carbocycles. The minimum atomic E-state index is -1.10. The first-order valence-corrected chi connectivity index (χ1v) is 4.33. The van der Waals surface area contributed by atoms with Gasteiger partial charge in [0, 0.05) is 0 Å². The van der Waals surface area contributed by atoms with Gasteiger partial charge in [0.05, 0.1) is 11.3 Å². The van der Waals surface area contributed by atoms with Crippen LogP contribution in [0.2, 0.25) is 5.15 Å². The smallest absolute Gasteiger partial charge is 0.338 e. The number of hydrogen-bond acceptors (Lipinski definition) is 3. The molecule has 64 valence electrons. The summed E-state index contributed by atoms with van der Waals surface area (Å²) in [5.74, 6) is -1.10. The fourth-order valence-corrected chi connectivity index (χ4v) is 1.56. The first-order chi connectivity index (χ1) is 5.52. The maximum absolute atomic E-state index is 10.6. The van der Waals surface area contributed by atoms with Gasteiger partial charge in [-0.2, -0.15) is 0 Å². The minimum absolute atomic E-state index is 0.0144. The van der Waals surface area contributed by atoms with Crippen molar-refractivity contribution in [2.24, 2.45) is 0 Å². The van der Waals surface area contributed by atoms with Crippen LogP contribution in [0.3, 0.4) is 0 Å². The highest BCUT2D eigenvalue weighted by Gasteiger charge is 2.12. The SMILES string of the molecule is Nc1c(C(=O)O)cc(Cl)nc1I. The van der Waals surface area contributed by atoms with Gasteiger partial charge in [-0.1, -0.05) is 11.6 Å². The quantitative estimate of drug-likeness (QED) is 0.610. The van der Waals surface area contributed by atoms with Crippen LogP contribution in [0.4, 0.5) is 5.69 Å². The van der Waals surface area contributed by atoms with Crippen LogP contribution in [-0.4, -0.2) is 16.1 Å². The number of carboxylic acids is 1. The van der Waals surface area contributed by atoms with Crippen LogP contribution in [0.15, 0.2) is 6.07 Å². The molecule has 6 heteroatoms. The summed E-state index contributed by atoms with van der Waals surface area (Å²) >= 11 is 7.36. The molecule has 4 nitrogen and oxygen atoms in total. The molecule has 1 aromatic heterocycles. The molecule has 0 radical (unpaired) electrons. The Kier molecular flexibility index (Phi) is 2.73. The van der Waals surface area contributed by atoms with Crippen LogP contribution in [-0.2, 0) is 0 Å². The number of halogens is 2. The second kappa shape index (κ2) is 3.44. The molecule has 12 heavy (non-hydrogen) atoms. The minimum Gasteiger partial charge on any atom is -0.478 e. The summed E-state index contributed by atoms with van der Waals surface area (Å²) in [7, 11) is 0. The Bertz CT molecular complexity index is 343. The third-order valence-corrected chi connectivity index (χ3v) is 2.23. The molecule has 0 aliphatic rings. The molecule has 0 atom stereocenters. The Morgan fingerprint density at radius 1 is 1.75 bits per heavy atom. The largest absolute Gasteiger partial charge is 0.478 e. The van der Waals surface area contributed by atoms with Gasteiger partial charge in [0.2, 0.25) is 0 Å². The Hall–Kier alpha value is -0.560. The zero-order valence-electron chi connectivity index (χ0n) is 5.71. The maximum Gasteiger partial charge on any atom is 0.338 e. The van der Waals surface area contributed by atoms with E-state index in [1.54, 1.807) is 0 Å². The number of nitrogens with zero attached hydrogens (tertiary/aromatic N) is 1. The summed E-state index contributed by atoms with van der Waals surface area (Å²) in [5, 5.41) is 8.78. The maximum atomic E-state index is 10.6. The van der Waals surface area contributed by atoms with E-state index in [1.165, 1.54) is 6.07 Å². The average Bonchev–Trinajstić information content (AvgIpc) is 1.96. The molecule has 0 spiro atoms. The van der Waals surface area contributed by atoms with Gasteiger partial charge in [0.25, 0.3) is 0 Å².